The highest BCUT2D eigenvalue weighted by Crippen LogP contribution is 2.36. The van der Waals surface area contributed by atoms with Crippen molar-refractivity contribution in [3.05, 3.63) is 90.0 Å². The molecule has 3 aromatic rings. The third-order valence-electron chi connectivity index (χ3n) is 6.28. The second-order valence-electron chi connectivity index (χ2n) is 9.25. The number of hydrogen-bond donors (Lipinski definition) is 2. The molecule has 1 fully saturated rings. The number of nitrogens with one attached hydrogen (secondary N) is 1. The van der Waals surface area contributed by atoms with Crippen molar-refractivity contribution in [1.29, 1.82) is 0 Å². The Morgan fingerprint density at radius 3 is 2.36 bits per heavy atom. The van der Waals surface area contributed by atoms with Gasteiger partial charge in [0.15, 0.2) is 0 Å². The molecule has 0 aliphatic carbocycles. The van der Waals surface area contributed by atoms with E-state index in [0.29, 0.717) is 37.2 Å². The number of nitrogens with two attached hydrogens (primary N) is 1. The van der Waals surface area contributed by atoms with Crippen LogP contribution in [0, 0.1) is 5.41 Å². The lowest BCUT2D eigenvalue weighted by Crippen LogP contribution is -2.47. The van der Waals surface area contributed by atoms with E-state index in [9.17, 15) is 9.59 Å². The summed E-state index contributed by atoms with van der Waals surface area (Å²) in [5.41, 5.74) is 9.69. The molecule has 0 unspecified atom stereocenters. The first-order valence-electron chi connectivity index (χ1n) is 11.5. The van der Waals surface area contributed by atoms with Crippen LogP contribution in [0.5, 0.6) is 0 Å². The number of nitrogens with zero attached hydrogens (tertiary/aromatic N) is 1. The second-order valence-corrected chi connectivity index (χ2v) is 9.25. The van der Waals surface area contributed by atoms with E-state index in [4.69, 9.17) is 5.73 Å². The molecule has 33 heavy (non-hydrogen) atoms. The first kappa shape index (κ1) is 22.6. The third-order valence-corrected chi connectivity index (χ3v) is 6.28. The SMILES string of the molecule is CC(C)NC(=O)[C@@]1(Cc2cccc(-c3ccccc3)c2)CCN(C(=O)c2ccc(N)cc2)C1. The van der Waals surface area contributed by atoms with Gasteiger partial charge in [0.2, 0.25) is 5.91 Å². The smallest absolute Gasteiger partial charge is 0.253 e. The van der Waals surface area contributed by atoms with Gasteiger partial charge in [0, 0.05) is 30.4 Å². The van der Waals surface area contributed by atoms with E-state index in [1.807, 2.05) is 38.1 Å². The van der Waals surface area contributed by atoms with E-state index in [1.165, 1.54) is 0 Å². The van der Waals surface area contributed by atoms with E-state index in [-0.39, 0.29) is 17.9 Å². The van der Waals surface area contributed by atoms with Gasteiger partial charge in [-0.05, 0) is 67.6 Å². The largest absolute Gasteiger partial charge is 0.399 e. The lowest BCUT2D eigenvalue weighted by molar-refractivity contribution is -0.130. The first-order valence-corrected chi connectivity index (χ1v) is 11.5. The maximum Gasteiger partial charge on any atom is 0.253 e. The number of carbonyl (C=O) groups excluding carboxylic acids is 2. The minimum atomic E-state index is -0.664. The van der Waals surface area contributed by atoms with Crippen molar-refractivity contribution >= 4 is 17.5 Å². The number of nitrogen functional groups attached to an aromatic ring is 1. The summed E-state index contributed by atoms with van der Waals surface area (Å²) in [5, 5.41) is 3.11. The van der Waals surface area contributed by atoms with Gasteiger partial charge in [0.05, 0.1) is 5.41 Å². The molecule has 5 heteroatoms. The summed E-state index contributed by atoms with van der Waals surface area (Å²) in [6, 6.07) is 25.6. The maximum absolute atomic E-state index is 13.4. The van der Waals surface area contributed by atoms with Gasteiger partial charge in [-0.2, -0.15) is 0 Å². The predicted octanol–water partition coefficient (Wildman–Crippen LogP) is 4.54. The number of carbonyl (C=O) groups is 2. The van der Waals surface area contributed by atoms with Gasteiger partial charge < -0.3 is 16.0 Å². The summed E-state index contributed by atoms with van der Waals surface area (Å²) in [5.74, 6) is -0.0533. The molecule has 0 aromatic heterocycles. The number of anilines is 1. The Labute approximate surface area is 195 Å². The Balaban J connectivity index is 1.60. The van der Waals surface area contributed by atoms with Crippen LogP contribution >= 0.6 is 0 Å². The van der Waals surface area contributed by atoms with Crippen molar-refractivity contribution in [2.24, 2.45) is 5.41 Å². The molecule has 0 bridgehead atoms. The predicted molar refractivity (Wildman–Crippen MR) is 133 cm³/mol. The average molecular weight is 442 g/mol. The van der Waals surface area contributed by atoms with Crippen molar-refractivity contribution < 1.29 is 9.59 Å². The molecule has 1 saturated heterocycles. The van der Waals surface area contributed by atoms with Crippen LogP contribution in [0.2, 0.25) is 0 Å². The number of likely N-dealkylation sites (tertiary alicyclic amines) is 1. The van der Waals surface area contributed by atoms with Crippen molar-refractivity contribution in [3.63, 3.8) is 0 Å². The van der Waals surface area contributed by atoms with Crippen molar-refractivity contribution in [1.82, 2.24) is 10.2 Å². The number of amides is 2. The monoisotopic (exact) mass is 441 g/mol. The molecule has 0 spiro atoms. The third kappa shape index (κ3) is 5.08. The number of rotatable bonds is 6. The Bertz CT molecular complexity index is 1130. The molecular weight excluding hydrogens is 410 g/mol. The van der Waals surface area contributed by atoms with Crippen molar-refractivity contribution in [2.45, 2.75) is 32.7 Å². The zero-order valence-corrected chi connectivity index (χ0v) is 19.3. The van der Waals surface area contributed by atoms with Gasteiger partial charge in [0.1, 0.15) is 0 Å². The van der Waals surface area contributed by atoms with E-state index in [2.05, 4.69) is 35.6 Å². The maximum atomic E-state index is 13.4. The fraction of sp³-hybridized carbons (Fsp3) is 0.286. The fourth-order valence-corrected chi connectivity index (χ4v) is 4.56. The van der Waals surface area contributed by atoms with Crippen LogP contribution in [0.25, 0.3) is 11.1 Å². The first-order chi connectivity index (χ1) is 15.9. The van der Waals surface area contributed by atoms with Gasteiger partial charge in [-0.3, -0.25) is 9.59 Å². The minimum absolute atomic E-state index is 0.00946. The molecule has 1 atom stereocenters. The quantitative estimate of drug-likeness (QED) is 0.552. The summed E-state index contributed by atoms with van der Waals surface area (Å²) >= 11 is 0. The molecule has 3 aromatic carbocycles. The highest BCUT2D eigenvalue weighted by molar-refractivity contribution is 5.95. The fourth-order valence-electron chi connectivity index (χ4n) is 4.56. The van der Waals surface area contributed by atoms with Crippen molar-refractivity contribution in [2.75, 3.05) is 18.8 Å². The molecule has 5 nitrogen and oxygen atoms in total. The van der Waals surface area contributed by atoms with Crippen LogP contribution in [0.1, 0.15) is 36.2 Å². The highest BCUT2D eigenvalue weighted by atomic mass is 16.2. The van der Waals surface area contributed by atoms with Crippen LogP contribution in [0.15, 0.2) is 78.9 Å². The molecule has 170 valence electrons. The van der Waals surface area contributed by atoms with Crippen LogP contribution < -0.4 is 11.1 Å². The molecule has 2 amide bonds. The topological polar surface area (TPSA) is 75.4 Å². The summed E-state index contributed by atoms with van der Waals surface area (Å²) in [4.78, 5) is 28.4. The normalized spacial score (nSPS) is 17.8. The Kier molecular flexibility index (Phi) is 6.50. The number of hydrogen-bond acceptors (Lipinski definition) is 3. The molecule has 4 rings (SSSR count). The summed E-state index contributed by atoms with van der Waals surface area (Å²) in [6.07, 6.45) is 1.21. The molecule has 0 radical (unpaired) electrons. The van der Waals surface area contributed by atoms with Gasteiger partial charge in [0.25, 0.3) is 5.91 Å². The van der Waals surface area contributed by atoms with E-state index < -0.39 is 5.41 Å². The number of benzene rings is 3. The lowest BCUT2D eigenvalue weighted by Gasteiger charge is -2.29. The Morgan fingerprint density at radius 1 is 0.970 bits per heavy atom. The zero-order chi connectivity index (χ0) is 23.4. The Morgan fingerprint density at radius 2 is 1.67 bits per heavy atom. The molecule has 1 aliphatic rings. The summed E-state index contributed by atoms with van der Waals surface area (Å²) < 4.78 is 0. The zero-order valence-electron chi connectivity index (χ0n) is 19.3. The molecule has 1 aliphatic heterocycles. The van der Waals surface area contributed by atoms with Gasteiger partial charge in [-0.25, -0.2) is 0 Å². The van der Waals surface area contributed by atoms with Crippen LogP contribution in [-0.2, 0) is 11.2 Å². The second kappa shape index (κ2) is 9.49. The lowest BCUT2D eigenvalue weighted by atomic mass is 9.79. The van der Waals surface area contributed by atoms with E-state index in [0.717, 1.165) is 16.7 Å². The van der Waals surface area contributed by atoms with E-state index >= 15 is 0 Å². The van der Waals surface area contributed by atoms with Crippen molar-refractivity contribution in [3.8, 4) is 11.1 Å². The van der Waals surface area contributed by atoms with E-state index in [1.54, 1.807) is 29.2 Å². The van der Waals surface area contributed by atoms with Gasteiger partial charge in [-0.1, -0.05) is 54.6 Å². The molecule has 3 N–H and O–H groups in total. The summed E-state index contributed by atoms with van der Waals surface area (Å²) in [7, 11) is 0. The standard InChI is InChI=1S/C28H31N3O2/c1-20(2)30-27(33)28(15-16-31(19-28)26(32)23-11-13-25(29)14-12-23)18-21-7-6-10-24(17-21)22-8-4-3-5-9-22/h3-14,17,20H,15-16,18-19,29H2,1-2H3,(H,30,33)/t28-/m1/s1. The summed E-state index contributed by atoms with van der Waals surface area (Å²) in [6.45, 7) is 4.87. The Hall–Kier alpha value is -3.60. The van der Waals surface area contributed by atoms with Crippen LogP contribution in [0.4, 0.5) is 5.69 Å². The van der Waals surface area contributed by atoms with Gasteiger partial charge >= 0.3 is 0 Å². The molecule has 1 heterocycles. The minimum Gasteiger partial charge on any atom is -0.399 e. The molecular formula is C28H31N3O2. The molecule has 0 saturated carbocycles. The van der Waals surface area contributed by atoms with Crippen LogP contribution in [0.3, 0.4) is 0 Å². The van der Waals surface area contributed by atoms with Crippen LogP contribution in [-0.4, -0.2) is 35.8 Å². The highest BCUT2D eigenvalue weighted by Gasteiger charge is 2.46. The van der Waals surface area contributed by atoms with Gasteiger partial charge in [-0.15, -0.1) is 0 Å². The average Bonchev–Trinajstić information content (AvgIpc) is 3.25.